The van der Waals surface area contributed by atoms with Crippen LogP contribution in [-0.4, -0.2) is 47.1 Å². The number of pyridine rings is 1. The normalized spacial score (nSPS) is 14.3. The third-order valence-electron chi connectivity index (χ3n) is 5.68. The maximum atomic E-state index is 12.4. The Morgan fingerprint density at radius 2 is 2.16 bits per heavy atom. The number of ether oxygens (including phenoxy) is 1. The van der Waals surface area contributed by atoms with Crippen molar-refractivity contribution in [1.82, 2.24) is 14.9 Å². The van der Waals surface area contributed by atoms with Gasteiger partial charge in [-0.1, -0.05) is 0 Å². The second-order valence-corrected chi connectivity index (χ2v) is 8.66. The summed E-state index contributed by atoms with van der Waals surface area (Å²) in [4.78, 5) is 23.6. The molecule has 160 valence electrons. The van der Waals surface area contributed by atoms with E-state index in [1.807, 2.05) is 36.5 Å². The van der Waals surface area contributed by atoms with E-state index in [9.17, 15) is 10.1 Å². The van der Waals surface area contributed by atoms with E-state index in [0.717, 1.165) is 42.9 Å². The van der Waals surface area contributed by atoms with Crippen LogP contribution >= 0.6 is 11.3 Å². The molecule has 7 nitrogen and oxygen atoms in total. The zero-order chi connectivity index (χ0) is 22.1. The first-order valence-corrected chi connectivity index (χ1v) is 11.2. The molecule has 32 heavy (non-hydrogen) atoms. The number of aryl methyl sites for hydroxylation is 1. The maximum absolute atomic E-state index is 12.4. The van der Waals surface area contributed by atoms with E-state index in [1.54, 1.807) is 17.2 Å². The molecule has 0 saturated carbocycles. The molecule has 2 N–H and O–H groups in total. The zero-order valence-corrected chi connectivity index (χ0v) is 18.3. The number of H-pyrrole nitrogens is 1. The van der Waals surface area contributed by atoms with Gasteiger partial charge in [-0.25, -0.2) is 4.98 Å². The van der Waals surface area contributed by atoms with Crippen molar-refractivity contribution in [2.45, 2.75) is 6.92 Å². The Balaban J connectivity index is 1.48. The molecule has 1 fully saturated rings. The smallest absolute Gasteiger partial charge is 0.246 e. The summed E-state index contributed by atoms with van der Waals surface area (Å²) in [5, 5.41) is 15.1. The van der Waals surface area contributed by atoms with Crippen LogP contribution < -0.4 is 5.32 Å². The van der Waals surface area contributed by atoms with E-state index >= 15 is 0 Å². The van der Waals surface area contributed by atoms with Crippen LogP contribution in [0.3, 0.4) is 0 Å². The number of nitrogens with zero attached hydrogens (tertiary/aromatic N) is 3. The van der Waals surface area contributed by atoms with Crippen LogP contribution in [-0.2, 0) is 9.53 Å². The van der Waals surface area contributed by atoms with Gasteiger partial charge in [-0.3, -0.25) is 4.79 Å². The number of hydrogen-bond donors (Lipinski definition) is 2. The molecule has 1 aliphatic heterocycles. The van der Waals surface area contributed by atoms with Crippen molar-refractivity contribution in [1.29, 1.82) is 5.26 Å². The number of nitriles is 1. The summed E-state index contributed by atoms with van der Waals surface area (Å²) in [6.07, 6.45) is 6.93. The van der Waals surface area contributed by atoms with Gasteiger partial charge in [-0.2, -0.15) is 5.26 Å². The number of rotatable bonds is 4. The Morgan fingerprint density at radius 3 is 2.97 bits per heavy atom. The summed E-state index contributed by atoms with van der Waals surface area (Å²) < 4.78 is 5.30. The average Bonchev–Trinajstić information content (AvgIpc) is 3.47. The van der Waals surface area contributed by atoms with Crippen molar-refractivity contribution in [3.05, 3.63) is 58.7 Å². The van der Waals surface area contributed by atoms with E-state index in [-0.39, 0.29) is 5.91 Å². The molecule has 8 heteroatoms. The summed E-state index contributed by atoms with van der Waals surface area (Å²) >= 11 is 1.49. The fraction of sp³-hybridized carbons (Fsp3) is 0.208. The maximum Gasteiger partial charge on any atom is 0.246 e. The molecule has 0 spiro atoms. The minimum absolute atomic E-state index is 0.0230. The Hall–Kier alpha value is -3.67. The van der Waals surface area contributed by atoms with Crippen LogP contribution in [0.1, 0.15) is 16.0 Å². The molecule has 4 heterocycles. The molecule has 0 unspecified atom stereocenters. The van der Waals surface area contributed by atoms with Crippen molar-refractivity contribution in [3.8, 4) is 6.07 Å². The number of carbonyl (C=O) groups excluding carboxylic acids is 1. The van der Waals surface area contributed by atoms with Crippen LogP contribution in [0.2, 0.25) is 0 Å². The van der Waals surface area contributed by atoms with Gasteiger partial charge in [-0.15, -0.1) is 11.3 Å². The Kier molecular flexibility index (Phi) is 5.35. The average molecular weight is 444 g/mol. The van der Waals surface area contributed by atoms with E-state index in [1.165, 1.54) is 11.3 Å². The number of aromatic amines is 1. The Bertz CT molecular complexity index is 1390. The van der Waals surface area contributed by atoms with Gasteiger partial charge < -0.3 is 19.9 Å². The molecule has 5 rings (SSSR count). The Morgan fingerprint density at radius 1 is 1.31 bits per heavy atom. The number of aromatic nitrogens is 2. The van der Waals surface area contributed by atoms with Gasteiger partial charge in [0.1, 0.15) is 10.9 Å². The highest BCUT2D eigenvalue weighted by atomic mass is 32.1. The zero-order valence-electron chi connectivity index (χ0n) is 17.5. The number of thiophene rings is 1. The lowest BCUT2D eigenvalue weighted by Crippen LogP contribution is -2.39. The molecule has 1 aromatic carbocycles. The van der Waals surface area contributed by atoms with Gasteiger partial charge >= 0.3 is 0 Å². The van der Waals surface area contributed by atoms with Crippen LogP contribution in [0.5, 0.6) is 0 Å². The SMILES string of the molecule is Cc1c(Nc2c(C#N)cnc3sc(/C=C/C(=O)N4CCOCC4)cc23)ccc2[nH]ccc12. The number of morpholine rings is 1. The molecule has 0 radical (unpaired) electrons. The van der Waals surface area contributed by atoms with Gasteiger partial charge in [0.25, 0.3) is 0 Å². The minimum Gasteiger partial charge on any atom is -0.378 e. The number of fused-ring (bicyclic) bond motifs is 2. The van der Waals surface area contributed by atoms with Crippen molar-refractivity contribution in [3.63, 3.8) is 0 Å². The summed E-state index contributed by atoms with van der Waals surface area (Å²) in [6.45, 7) is 4.43. The fourth-order valence-electron chi connectivity index (χ4n) is 3.91. The van der Waals surface area contributed by atoms with Crippen molar-refractivity contribution in [2.75, 3.05) is 31.6 Å². The number of nitrogens with one attached hydrogen (secondary N) is 2. The van der Waals surface area contributed by atoms with Crippen molar-refractivity contribution >= 4 is 55.8 Å². The van der Waals surface area contributed by atoms with E-state index in [4.69, 9.17) is 4.74 Å². The summed E-state index contributed by atoms with van der Waals surface area (Å²) in [5.74, 6) is -0.0230. The minimum atomic E-state index is -0.0230. The van der Waals surface area contributed by atoms with Gasteiger partial charge in [0.05, 0.1) is 24.5 Å². The van der Waals surface area contributed by atoms with Gasteiger partial charge in [0.2, 0.25) is 5.91 Å². The third kappa shape index (κ3) is 3.73. The quantitative estimate of drug-likeness (QED) is 0.451. The highest BCUT2D eigenvalue weighted by Crippen LogP contribution is 2.36. The van der Waals surface area contributed by atoms with Crippen LogP contribution in [0, 0.1) is 18.3 Å². The first-order chi connectivity index (χ1) is 15.6. The first kappa shape index (κ1) is 20.2. The summed E-state index contributed by atoms with van der Waals surface area (Å²) in [6, 6.07) is 10.3. The molecule has 0 aliphatic carbocycles. The standard InChI is InChI=1S/C24H21N5O2S/c1-15-18-6-7-26-21(18)4-3-20(15)28-23-16(13-25)14-27-24-19(23)12-17(32-24)2-5-22(30)29-8-10-31-11-9-29/h2-7,12,14,26H,8-11H2,1H3,(H,27,28)/b5-2+. The highest BCUT2D eigenvalue weighted by molar-refractivity contribution is 7.19. The van der Waals surface area contributed by atoms with E-state index < -0.39 is 0 Å². The molecule has 1 amide bonds. The predicted octanol–water partition coefficient (Wildman–Crippen LogP) is 4.57. The van der Waals surface area contributed by atoms with Crippen LogP contribution in [0.4, 0.5) is 11.4 Å². The van der Waals surface area contributed by atoms with Crippen molar-refractivity contribution in [2.24, 2.45) is 0 Å². The first-order valence-electron chi connectivity index (χ1n) is 10.3. The van der Waals surface area contributed by atoms with Crippen LogP contribution in [0.25, 0.3) is 27.2 Å². The Labute approximate surface area is 188 Å². The van der Waals surface area contributed by atoms with Gasteiger partial charge in [-0.05, 0) is 42.8 Å². The predicted molar refractivity (Wildman–Crippen MR) is 127 cm³/mol. The number of carbonyl (C=O) groups is 1. The largest absolute Gasteiger partial charge is 0.378 e. The van der Waals surface area contributed by atoms with Gasteiger partial charge in [0.15, 0.2) is 0 Å². The fourth-order valence-corrected chi connectivity index (χ4v) is 4.82. The topological polar surface area (TPSA) is 94.0 Å². The molecular weight excluding hydrogens is 422 g/mol. The lowest BCUT2D eigenvalue weighted by Gasteiger charge is -2.25. The third-order valence-corrected chi connectivity index (χ3v) is 6.69. The monoisotopic (exact) mass is 443 g/mol. The lowest BCUT2D eigenvalue weighted by molar-refractivity contribution is -0.129. The molecule has 0 bridgehead atoms. The second-order valence-electron chi connectivity index (χ2n) is 7.60. The molecule has 1 saturated heterocycles. The second kappa shape index (κ2) is 8.46. The highest BCUT2D eigenvalue weighted by Gasteiger charge is 2.16. The van der Waals surface area contributed by atoms with E-state index in [0.29, 0.717) is 31.9 Å². The number of hydrogen-bond acceptors (Lipinski definition) is 6. The lowest BCUT2D eigenvalue weighted by atomic mass is 10.1. The number of anilines is 2. The molecule has 3 aromatic heterocycles. The molecule has 4 aromatic rings. The molecule has 0 atom stereocenters. The summed E-state index contributed by atoms with van der Waals surface area (Å²) in [7, 11) is 0. The van der Waals surface area contributed by atoms with Gasteiger partial charge in [0, 0.05) is 58.4 Å². The molecular formula is C24H21N5O2S. The van der Waals surface area contributed by atoms with Crippen LogP contribution in [0.15, 0.2) is 42.7 Å². The number of benzene rings is 1. The van der Waals surface area contributed by atoms with E-state index in [2.05, 4.69) is 28.3 Å². The van der Waals surface area contributed by atoms with Crippen molar-refractivity contribution < 1.29 is 9.53 Å². The number of amides is 1. The summed E-state index contributed by atoms with van der Waals surface area (Å²) in [5.41, 5.74) is 4.31. The molecule has 1 aliphatic rings.